The van der Waals surface area contributed by atoms with E-state index < -0.39 is 15.9 Å². The van der Waals surface area contributed by atoms with E-state index in [0.717, 1.165) is 11.1 Å². The van der Waals surface area contributed by atoms with Gasteiger partial charge in [0.05, 0.1) is 13.2 Å². The van der Waals surface area contributed by atoms with Crippen LogP contribution in [0.15, 0.2) is 77.7 Å². The molecule has 6 nitrogen and oxygen atoms in total. The van der Waals surface area contributed by atoms with Gasteiger partial charge < -0.3 is 10.1 Å². The largest absolute Gasteiger partial charge is 0.495 e. The number of carbonyl (C=O) groups is 1. The second-order valence-corrected chi connectivity index (χ2v) is 9.13. The molecule has 0 fully saturated rings. The molecule has 3 aromatic rings. The molecule has 0 saturated carbocycles. The van der Waals surface area contributed by atoms with Gasteiger partial charge >= 0.3 is 0 Å². The molecule has 0 aliphatic rings. The minimum absolute atomic E-state index is 0.0980. The van der Waals surface area contributed by atoms with E-state index in [0.29, 0.717) is 11.4 Å². The van der Waals surface area contributed by atoms with Gasteiger partial charge in [0, 0.05) is 10.6 Å². The van der Waals surface area contributed by atoms with Gasteiger partial charge in [-0.25, -0.2) is 13.1 Å². The second-order valence-electron chi connectivity index (χ2n) is 6.84. The molecule has 2 N–H and O–H groups in total. The molecular formula is C23H23ClN2O4S. The van der Waals surface area contributed by atoms with E-state index in [1.165, 1.54) is 32.4 Å². The molecule has 0 radical (unpaired) electrons. The lowest BCUT2D eigenvalue weighted by Gasteiger charge is -2.20. The second kappa shape index (κ2) is 9.96. The fraction of sp³-hybridized carbons (Fsp3) is 0.174. The maximum atomic E-state index is 13.1. The topological polar surface area (TPSA) is 84.5 Å². The Bertz CT molecular complexity index is 1150. The predicted octanol–water partition coefficient (Wildman–Crippen LogP) is 3.97. The molecule has 31 heavy (non-hydrogen) atoms. The summed E-state index contributed by atoms with van der Waals surface area (Å²) < 4.78 is 32.1. The van der Waals surface area contributed by atoms with Gasteiger partial charge in [0.1, 0.15) is 10.6 Å². The molecule has 8 heteroatoms. The van der Waals surface area contributed by atoms with Crippen LogP contribution in [-0.4, -0.2) is 28.5 Å². The third-order valence-electron chi connectivity index (χ3n) is 4.84. The summed E-state index contributed by atoms with van der Waals surface area (Å²) in [7, 11) is -1.12. The maximum absolute atomic E-state index is 13.1. The number of sulfonamides is 1. The van der Waals surface area contributed by atoms with Crippen molar-refractivity contribution in [2.75, 3.05) is 14.2 Å². The molecule has 3 rings (SSSR count). The molecule has 0 aliphatic carbocycles. The van der Waals surface area contributed by atoms with Crippen LogP contribution in [0.1, 0.15) is 27.5 Å². The molecule has 1 unspecified atom stereocenters. The number of halogens is 1. The van der Waals surface area contributed by atoms with Gasteiger partial charge in [0.2, 0.25) is 10.0 Å². The molecule has 0 heterocycles. The Kier molecular flexibility index (Phi) is 7.33. The zero-order valence-electron chi connectivity index (χ0n) is 17.1. The first kappa shape index (κ1) is 22.8. The summed E-state index contributed by atoms with van der Waals surface area (Å²) in [6.45, 7) is 0. The SMILES string of the molecule is CNS(=O)(=O)c1cc(C(=O)NC(Cc2ccc(Cl)cc2)c2ccccc2)ccc1OC. The van der Waals surface area contributed by atoms with E-state index in [2.05, 4.69) is 10.0 Å². The van der Waals surface area contributed by atoms with Crippen LogP contribution in [0, 0.1) is 0 Å². The monoisotopic (exact) mass is 458 g/mol. The highest BCUT2D eigenvalue weighted by atomic mass is 35.5. The highest BCUT2D eigenvalue weighted by molar-refractivity contribution is 7.89. The van der Waals surface area contributed by atoms with Crippen molar-refractivity contribution in [2.24, 2.45) is 0 Å². The lowest BCUT2D eigenvalue weighted by atomic mass is 9.98. The Morgan fingerprint density at radius 3 is 2.32 bits per heavy atom. The summed E-state index contributed by atoms with van der Waals surface area (Å²) in [5.74, 6) is -0.232. The van der Waals surface area contributed by atoms with Gasteiger partial charge in [0.15, 0.2) is 0 Å². The minimum atomic E-state index is -3.80. The number of hydrogen-bond donors (Lipinski definition) is 2. The fourth-order valence-corrected chi connectivity index (χ4v) is 4.22. The predicted molar refractivity (Wildman–Crippen MR) is 121 cm³/mol. The number of ether oxygens (including phenoxy) is 1. The minimum Gasteiger partial charge on any atom is -0.495 e. The standard InChI is InChI=1S/C23H23ClN2O4S/c1-25-31(28,29)22-15-18(10-13-21(22)30-2)23(27)26-20(17-6-4-3-5-7-17)14-16-8-11-19(24)12-9-16/h3-13,15,20,25H,14H2,1-2H3,(H,26,27). The number of amides is 1. The summed E-state index contributed by atoms with van der Waals surface area (Å²) in [5.41, 5.74) is 2.15. The maximum Gasteiger partial charge on any atom is 0.251 e. The number of nitrogens with one attached hydrogen (secondary N) is 2. The van der Waals surface area contributed by atoms with Crippen molar-refractivity contribution in [3.63, 3.8) is 0 Å². The highest BCUT2D eigenvalue weighted by Gasteiger charge is 2.22. The van der Waals surface area contributed by atoms with E-state index >= 15 is 0 Å². The number of rotatable bonds is 8. The Hall–Kier alpha value is -2.87. The Labute approximate surface area is 187 Å². The third-order valence-corrected chi connectivity index (χ3v) is 6.53. The van der Waals surface area contributed by atoms with Crippen LogP contribution in [0.5, 0.6) is 5.75 Å². The Morgan fingerprint density at radius 2 is 1.71 bits per heavy atom. The van der Waals surface area contributed by atoms with Gasteiger partial charge in [-0.15, -0.1) is 0 Å². The van der Waals surface area contributed by atoms with E-state index in [1.807, 2.05) is 42.5 Å². The van der Waals surface area contributed by atoms with Crippen LogP contribution in [0.2, 0.25) is 5.02 Å². The van der Waals surface area contributed by atoms with E-state index in [-0.39, 0.29) is 22.3 Å². The number of carbonyl (C=O) groups excluding carboxylic acids is 1. The van der Waals surface area contributed by atoms with Crippen molar-refractivity contribution >= 4 is 27.5 Å². The molecule has 162 valence electrons. The Balaban J connectivity index is 1.91. The molecule has 1 amide bonds. The van der Waals surface area contributed by atoms with E-state index in [9.17, 15) is 13.2 Å². The first-order valence-corrected chi connectivity index (χ1v) is 11.4. The summed E-state index contributed by atoms with van der Waals surface area (Å²) >= 11 is 5.98. The van der Waals surface area contributed by atoms with Gasteiger partial charge in [-0.3, -0.25) is 4.79 Å². The van der Waals surface area contributed by atoms with Crippen LogP contribution >= 0.6 is 11.6 Å². The summed E-state index contributed by atoms with van der Waals surface area (Å²) in [6.07, 6.45) is 0.546. The molecule has 0 spiro atoms. The van der Waals surface area contributed by atoms with Crippen LogP contribution in [0.3, 0.4) is 0 Å². The first-order valence-electron chi connectivity index (χ1n) is 9.56. The fourth-order valence-electron chi connectivity index (χ4n) is 3.17. The summed E-state index contributed by atoms with van der Waals surface area (Å²) in [5, 5.41) is 3.66. The molecular weight excluding hydrogens is 436 g/mol. The van der Waals surface area contributed by atoms with Crippen molar-refractivity contribution < 1.29 is 17.9 Å². The van der Waals surface area contributed by atoms with Crippen LogP contribution < -0.4 is 14.8 Å². The molecule has 0 aliphatic heterocycles. The van der Waals surface area contributed by atoms with Gasteiger partial charge in [-0.05, 0) is 54.9 Å². The van der Waals surface area contributed by atoms with Crippen molar-refractivity contribution in [2.45, 2.75) is 17.4 Å². The Morgan fingerprint density at radius 1 is 1.03 bits per heavy atom. The zero-order chi connectivity index (χ0) is 22.4. The highest BCUT2D eigenvalue weighted by Crippen LogP contribution is 2.26. The van der Waals surface area contributed by atoms with Gasteiger partial charge in [-0.1, -0.05) is 54.1 Å². The molecule has 3 aromatic carbocycles. The molecule has 0 bridgehead atoms. The molecule has 0 saturated heterocycles. The van der Waals surface area contributed by atoms with E-state index in [4.69, 9.17) is 16.3 Å². The van der Waals surface area contributed by atoms with Crippen LogP contribution in [0.25, 0.3) is 0 Å². The first-order chi connectivity index (χ1) is 14.8. The van der Waals surface area contributed by atoms with Crippen molar-refractivity contribution in [3.8, 4) is 5.75 Å². The quantitative estimate of drug-likeness (QED) is 0.535. The van der Waals surface area contributed by atoms with Gasteiger partial charge in [-0.2, -0.15) is 0 Å². The summed E-state index contributed by atoms with van der Waals surface area (Å²) in [4.78, 5) is 13.0. The smallest absolute Gasteiger partial charge is 0.251 e. The third kappa shape index (κ3) is 5.64. The van der Waals surface area contributed by atoms with E-state index in [1.54, 1.807) is 12.1 Å². The van der Waals surface area contributed by atoms with Crippen molar-refractivity contribution in [3.05, 3.63) is 94.5 Å². The molecule has 0 aromatic heterocycles. The average molecular weight is 459 g/mol. The lowest BCUT2D eigenvalue weighted by Crippen LogP contribution is -2.30. The molecule has 1 atom stereocenters. The number of hydrogen-bond acceptors (Lipinski definition) is 4. The lowest BCUT2D eigenvalue weighted by molar-refractivity contribution is 0.0936. The van der Waals surface area contributed by atoms with Crippen molar-refractivity contribution in [1.82, 2.24) is 10.0 Å². The van der Waals surface area contributed by atoms with Crippen LogP contribution in [-0.2, 0) is 16.4 Å². The van der Waals surface area contributed by atoms with Gasteiger partial charge in [0.25, 0.3) is 5.91 Å². The van der Waals surface area contributed by atoms with Crippen LogP contribution in [0.4, 0.5) is 0 Å². The van der Waals surface area contributed by atoms with Crippen molar-refractivity contribution in [1.29, 1.82) is 0 Å². The number of methoxy groups -OCH3 is 1. The normalized spacial score (nSPS) is 12.2. The zero-order valence-corrected chi connectivity index (χ0v) is 18.7. The average Bonchev–Trinajstić information content (AvgIpc) is 2.80. The summed E-state index contributed by atoms with van der Waals surface area (Å²) in [6, 6.07) is 21.0. The number of benzene rings is 3.